The minimum Gasteiger partial charge on any atom is -0.478 e. The lowest BCUT2D eigenvalue weighted by atomic mass is 10.2. The summed E-state index contributed by atoms with van der Waals surface area (Å²) in [5.74, 6) is -1.91. The van der Waals surface area contributed by atoms with Crippen LogP contribution in [0, 0.1) is 0 Å². The molecule has 0 unspecified atom stereocenters. The Labute approximate surface area is 131 Å². The molecule has 0 aromatic heterocycles. The van der Waals surface area contributed by atoms with E-state index in [1.807, 2.05) is 13.8 Å². The minimum absolute atomic E-state index is 0.0886. The summed E-state index contributed by atoms with van der Waals surface area (Å²) in [5, 5.41) is 7.60. The monoisotopic (exact) mass is 314 g/mol. The van der Waals surface area contributed by atoms with Gasteiger partial charge in [0.05, 0.1) is 19.6 Å². The third-order valence-electron chi connectivity index (χ3n) is 2.31. The summed E-state index contributed by atoms with van der Waals surface area (Å²) in [5.41, 5.74) is 0.155. The quantitative estimate of drug-likeness (QED) is 0.379. The molecule has 0 aliphatic heterocycles. The lowest BCUT2D eigenvalue weighted by Crippen LogP contribution is -2.13. The predicted octanol–water partition coefficient (Wildman–Crippen LogP) is 2.88. The number of ether oxygens (including phenoxy) is 2. The Morgan fingerprint density at radius 3 is 1.91 bits per heavy atom. The van der Waals surface area contributed by atoms with Gasteiger partial charge in [-0.05, 0) is 12.8 Å². The maximum Gasteiger partial charge on any atom is 0.333 e. The molecule has 0 aliphatic carbocycles. The number of carboxylic acid groups (broad SMARTS) is 1. The van der Waals surface area contributed by atoms with E-state index in [0.29, 0.717) is 13.2 Å². The molecule has 0 aromatic rings. The van der Waals surface area contributed by atoms with Gasteiger partial charge in [-0.1, -0.05) is 39.8 Å². The van der Waals surface area contributed by atoms with Gasteiger partial charge in [0.25, 0.3) is 0 Å². The number of unbranched alkanes of at least 4 members (excludes halogenated alkanes) is 2. The molecule has 22 heavy (non-hydrogen) atoms. The van der Waals surface area contributed by atoms with Gasteiger partial charge in [0.2, 0.25) is 0 Å². The summed E-state index contributed by atoms with van der Waals surface area (Å²) < 4.78 is 9.85. The molecule has 0 aliphatic rings. The molecule has 126 valence electrons. The minimum atomic E-state index is -0.981. The molecular weight excluding hydrogens is 288 g/mol. The summed E-state index contributed by atoms with van der Waals surface area (Å²) in [7, 11) is 0. The van der Waals surface area contributed by atoms with E-state index in [9.17, 15) is 14.4 Å². The lowest BCUT2D eigenvalue weighted by Gasteiger charge is -2.07. The summed E-state index contributed by atoms with van der Waals surface area (Å²) in [4.78, 5) is 31.9. The topological polar surface area (TPSA) is 89.9 Å². The van der Waals surface area contributed by atoms with Crippen LogP contribution in [0.2, 0.25) is 0 Å². The van der Waals surface area contributed by atoms with Gasteiger partial charge in [0, 0.05) is 11.6 Å². The summed E-state index contributed by atoms with van der Waals surface area (Å²) in [6, 6.07) is 0. The smallest absolute Gasteiger partial charge is 0.333 e. The van der Waals surface area contributed by atoms with Crippen LogP contribution in [-0.4, -0.2) is 36.2 Å². The predicted molar refractivity (Wildman–Crippen MR) is 83.3 cm³/mol. The second-order valence-corrected chi connectivity index (χ2v) is 4.39. The number of carbonyl (C=O) groups is 3. The number of rotatable bonds is 10. The van der Waals surface area contributed by atoms with Crippen molar-refractivity contribution < 1.29 is 29.0 Å². The van der Waals surface area contributed by atoms with E-state index in [2.05, 4.69) is 13.2 Å². The highest BCUT2D eigenvalue weighted by Crippen LogP contribution is 2.04. The molecule has 0 spiro atoms. The molecule has 0 atom stereocenters. The Hall–Kier alpha value is -2.11. The largest absolute Gasteiger partial charge is 0.478 e. The third kappa shape index (κ3) is 15.9. The molecule has 0 bridgehead atoms. The molecule has 0 aromatic carbocycles. The SMILES string of the molecule is C=C(CC(=O)OCCCC)C(=O)OCCCC.C=CC(=O)O. The molecule has 1 N–H and O–H groups in total. The fourth-order valence-corrected chi connectivity index (χ4v) is 1.04. The normalized spacial score (nSPS) is 9.00. The summed E-state index contributed by atoms with van der Waals surface area (Å²) in [6.07, 6.45) is 4.32. The maximum atomic E-state index is 11.4. The molecule has 0 radical (unpaired) electrons. The molecule has 0 amide bonds. The molecule has 0 heterocycles. The van der Waals surface area contributed by atoms with Gasteiger partial charge >= 0.3 is 17.9 Å². The lowest BCUT2D eigenvalue weighted by molar-refractivity contribution is -0.146. The summed E-state index contributed by atoms with van der Waals surface area (Å²) >= 11 is 0. The van der Waals surface area contributed by atoms with Gasteiger partial charge in [-0.25, -0.2) is 9.59 Å². The average molecular weight is 314 g/mol. The van der Waals surface area contributed by atoms with E-state index in [1.54, 1.807) is 0 Å². The number of carbonyl (C=O) groups excluding carboxylic acids is 2. The molecule has 0 rings (SSSR count). The number of hydrogen-bond donors (Lipinski definition) is 1. The van der Waals surface area contributed by atoms with Crippen molar-refractivity contribution in [2.24, 2.45) is 0 Å². The van der Waals surface area contributed by atoms with E-state index in [4.69, 9.17) is 14.6 Å². The Balaban J connectivity index is 0. The van der Waals surface area contributed by atoms with E-state index in [0.717, 1.165) is 31.8 Å². The van der Waals surface area contributed by atoms with Crippen molar-refractivity contribution in [2.75, 3.05) is 13.2 Å². The van der Waals surface area contributed by atoms with Crippen LogP contribution in [-0.2, 0) is 23.9 Å². The van der Waals surface area contributed by atoms with Crippen LogP contribution < -0.4 is 0 Å². The van der Waals surface area contributed by atoms with Crippen molar-refractivity contribution in [3.05, 3.63) is 24.8 Å². The zero-order valence-corrected chi connectivity index (χ0v) is 13.4. The molecule has 0 saturated carbocycles. The van der Waals surface area contributed by atoms with Crippen LogP contribution in [0.3, 0.4) is 0 Å². The van der Waals surface area contributed by atoms with Gasteiger partial charge in [-0.15, -0.1) is 0 Å². The first kappa shape index (κ1) is 22.2. The van der Waals surface area contributed by atoms with Gasteiger partial charge in [-0.3, -0.25) is 4.79 Å². The molecule has 0 saturated heterocycles. The van der Waals surface area contributed by atoms with Crippen molar-refractivity contribution in [1.82, 2.24) is 0 Å². The second-order valence-electron chi connectivity index (χ2n) is 4.39. The Morgan fingerprint density at radius 1 is 1.05 bits per heavy atom. The van der Waals surface area contributed by atoms with E-state index >= 15 is 0 Å². The number of hydrogen-bond acceptors (Lipinski definition) is 5. The van der Waals surface area contributed by atoms with Gasteiger partial charge in [0.1, 0.15) is 0 Å². The molecule has 0 fully saturated rings. The molecule has 6 heteroatoms. The first-order chi connectivity index (χ1) is 10.4. The maximum absolute atomic E-state index is 11.4. The number of carboxylic acids is 1. The standard InChI is InChI=1S/C13H22O4.C3H4O2/c1-4-6-8-16-12(14)10-11(3)13(15)17-9-7-5-2;1-2-3(4)5/h3-10H2,1-2H3;2H,1H2,(H,4,5). The number of esters is 2. The second kappa shape index (κ2) is 15.3. The van der Waals surface area contributed by atoms with Crippen molar-refractivity contribution >= 4 is 17.9 Å². The van der Waals surface area contributed by atoms with Crippen LogP contribution in [0.15, 0.2) is 24.8 Å². The van der Waals surface area contributed by atoms with Crippen molar-refractivity contribution in [1.29, 1.82) is 0 Å². The van der Waals surface area contributed by atoms with Crippen molar-refractivity contribution in [3.8, 4) is 0 Å². The highest BCUT2D eigenvalue weighted by molar-refractivity contribution is 5.93. The van der Waals surface area contributed by atoms with Crippen LogP contribution in [0.25, 0.3) is 0 Å². The highest BCUT2D eigenvalue weighted by Gasteiger charge is 2.13. The first-order valence-corrected chi connectivity index (χ1v) is 7.24. The zero-order valence-electron chi connectivity index (χ0n) is 13.4. The van der Waals surface area contributed by atoms with E-state index in [1.165, 1.54) is 0 Å². The van der Waals surface area contributed by atoms with Gasteiger partial charge < -0.3 is 14.6 Å². The van der Waals surface area contributed by atoms with Crippen LogP contribution in [0.4, 0.5) is 0 Å². The van der Waals surface area contributed by atoms with Crippen LogP contribution in [0.5, 0.6) is 0 Å². The van der Waals surface area contributed by atoms with Crippen LogP contribution >= 0.6 is 0 Å². The molecule has 6 nitrogen and oxygen atoms in total. The van der Waals surface area contributed by atoms with Gasteiger partial charge in [-0.2, -0.15) is 0 Å². The van der Waals surface area contributed by atoms with Crippen molar-refractivity contribution in [2.45, 2.75) is 46.0 Å². The average Bonchev–Trinajstić information content (AvgIpc) is 2.48. The van der Waals surface area contributed by atoms with E-state index in [-0.39, 0.29) is 12.0 Å². The van der Waals surface area contributed by atoms with Gasteiger partial charge in [0.15, 0.2) is 0 Å². The Morgan fingerprint density at radius 2 is 1.50 bits per heavy atom. The highest BCUT2D eigenvalue weighted by atomic mass is 16.5. The van der Waals surface area contributed by atoms with Crippen LogP contribution in [0.1, 0.15) is 46.0 Å². The first-order valence-electron chi connectivity index (χ1n) is 7.24. The fourth-order valence-electron chi connectivity index (χ4n) is 1.04. The fraction of sp³-hybridized carbons (Fsp3) is 0.562. The van der Waals surface area contributed by atoms with Crippen molar-refractivity contribution in [3.63, 3.8) is 0 Å². The Kier molecular flexibility index (Phi) is 15.4. The Bertz CT molecular complexity index is 373. The van der Waals surface area contributed by atoms with E-state index < -0.39 is 17.9 Å². The zero-order chi connectivity index (χ0) is 17.4. The summed E-state index contributed by atoms with van der Waals surface area (Å²) in [6.45, 7) is 11.3. The molecular formula is C16H26O6. The third-order valence-corrected chi connectivity index (χ3v) is 2.31. The number of aliphatic carboxylic acids is 1.